The van der Waals surface area contributed by atoms with Gasteiger partial charge in [0.2, 0.25) is 0 Å². The molecule has 19 heavy (non-hydrogen) atoms. The van der Waals surface area contributed by atoms with E-state index in [2.05, 4.69) is 5.32 Å². The highest BCUT2D eigenvalue weighted by atomic mass is 35.5. The lowest BCUT2D eigenvalue weighted by Crippen LogP contribution is -2.15. The first-order chi connectivity index (χ1) is 9.11. The molecule has 0 aliphatic heterocycles. The van der Waals surface area contributed by atoms with Crippen LogP contribution in [0.5, 0.6) is 0 Å². The van der Waals surface area contributed by atoms with Crippen LogP contribution >= 0.6 is 23.2 Å². The maximum absolute atomic E-state index is 9.57. The minimum atomic E-state index is -0.258. The van der Waals surface area contributed by atoms with Crippen LogP contribution in [0.15, 0.2) is 42.5 Å². The van der Waals surface area contributed by atoms with Crippen molar-refractivity contribution in [3.05, 3.63) is 63.6 Å². The largest absolute Gasteiger partial charge is 0.394 e. The quantitative estimate of drug-likeness (QED) is 0.873. The van der Waals surface area contributed by atoms with Gasteiger partial charge in [0.1, 0.15) is 0 Å². The number of aliphatic hydroxyl groups excluding tert-OH is 1. The Labute approximate surface area is 123 Å². The van der Waals surface area contributed by atoms with Crippen molar-refractivity contribution < 1.29 is 5.11 Å². The third-order valence-electron chi connectivity index (χ3n) is 3.00. The van der Waals surface area contributed by atoms with E-state index in [1.807, 2.05) is 37.3 Å². The summed E-state index contributed by atoms with van der Waals surface area (Å²) in [5.41, 5.74) is 2.93. The highest BCUT2D eigenvalue weighted by Crippen LogP contribution is 2.29. The molecule has 0 heterocycles. The van der Waals surface area contributed by atoms with Crippen LogP contribution in [0.25, 0.3) is 0 Å². The highest BCUT2D eigenvalue weighted by Gasteiger charge is 2.14. The summed E-state index contributed by atoms with van der Waals surface area (Å²) < 4.78 is 0. The Balaban J connectivity index is 2.28. The molecule has 1 atom stereocenters. The van der Waals surface area contributed by atoms with Crippen molar-refractivity contribution in [3.8, 4) is 0 Å². The van der Waals surface area contributed by atoms with E-state index in [4.69, 9.17) is 23.2 Å². The summed E-state index contributed by atoms with van der Waals surface area (Å²) in [7, 11) is 0. The number of para-hydroxylation sites is 1. The van der Waals surface area contributed by atoms with Gasteiger partial charge in [0.15, 0.2) is 0 Å². The molecule has 2 rings (SSSR count). The van der Waals surface area contributed by atoms with E-state index in [1.54, 1.807) is 12.1 Å². The van der Waals surface area contributed by atoms with Crippen LogP contribution in [0.1, 0.15) is 17.2 Å². The molecule has 2 nitrogen and oxygen atoms in total. The molecule has 0 aliphatic carbocycles. The van der Waals surface area contributed by atoms with Crippen LogP contribution in [0.4, 0.5) is 5.69 Å². The molecular weight excluding hydrogens is 281 g/mol. The lowest BCUT2D eigenvalue weighted by Gasteiger charge is -2.20. The highest BCUT2D eigenvalue weighted by molar-refractivity contribution is 6.35. The molecular formula is C15H15Cl2NO. The van der Waals surface area contributed by atoms with Crippen molar-refractivity contribution in [2.75, 3.05) is 11.9 Å². The van der Waals surface area contributed by atoms with Gasteiger partial charge in [-0.3, -0.25) is 0 Å². The summed E-state index contributed by atoms with van der Waals surface area (Å²) in [6.45, 7) is 1.97. The summed E-state index contributed by atoms with van der Waals surface area (Å²) in [6.07, 6.45) is 0. The van der Waals surface area contributed by atoms with Crippen LogP contribution in [0.2, 0.25) is 10.0 Å². The predicted octanol–water partition coefficient (Wildman–Crippen LogP) is 4.45. The third-order valence-corrected chi connectivity index (χ3v) is 3.56. The average molecular weight is 296 g/mol. The first-order valence-corrected chi connectivity index (χ1v) is 6.75. The van der Waals surface area contributed by atoms with Crippen LogP contribution in [0, 0.1) is 6.92 Å². The molecule has 2 aromatic rings. The average Bonchev–Trinajstić information content (AvgIpc) is 2.39. The van der Waals surface area contributed by atoms with Crippen molar-refractivity contribution in [1.82, 2.24) is 0 Å². The number of nitrogens with one attached hydrogen (secondary N) is 1. The SMILES string of the molecule is Cc1ccccc1NC(CO)c1ccc(Cl)cc1Cl. The number of aryl methyl sites for hydroxylation is 1. The van der Waals surface area contributed by atoms with Crippen molar-refractivity contribution in [3.63, 3.8) is 0 Å². The molecule has 1 unspecified atom stereocenters. The normalized spacial score (nSPS) is 12.2. The van der Waals surface area contributed by atoms with Gasteiger partial charge in [0, 0.05) is 15.7 Å². The van der Waals surface area contributed by atoms with Crippen LogP contribution in [-0.4, -0.2) is 11.7 Å². The second-order valence-corrected chi connectivity index (χ2v) is 5.20. The maximum atomic E-state index is 9.57. The summed E-state index contributed by atoms with van der Waals surface area (Å²) in [5.74, 6) is 0. The molecule has 0 radical (unpaired) electrons. The molecule has 0 amide bonds. The number of hydrogen-bond acceptors (Lipinski definition) is 2. The smallest absolute Gasteiger partial charge is 0.0759 e. The third kappa shape index (κ3) is 3.41. The van der Waals surface area contributed by atoms with Gasteiger partial charge >= 0.3 is 0 Å². The number of hydrogen-bond donors (Lipinski definition) is 2. The lowest BCUT2D eigenvalue weighted by molar-refractivity contribution is 0.276. The zero-order valence-electron chi connectivity index (χ0n) is 10.5. The van der Waals surface area contributed by atoms with Gasteiger partial charge in [-0.05, 0) is 36.2 Å². The van der Waals surface area contributed by atoms with E-state index in [-0.39, 0.29) is 12.6 Å². The molecule has 2 N–H and O–H groups in total. The Bertz CT molecular complexity index is 572. The van der Waals surface area contributed by atoms with E-state index in [9.17, 15) is 5.11 Å². The van der Waals surface area contributed by atoms with Crippen LogP contribution in [0.3, 0.4) is 0 Å². The Morgan fingerprint density at radius 2 is 1.89 bits per heavy atom. The minimum absolute atomic E-state index is 0.0459. The first-order valence-electron chi connectivity index (χ1n) is 6.00. The molecule has 4 heteroatoms. The maximum Gasteiger partial charge on any atom is 0.0759 e. The van der Waals surface area contributed by atoms with Crippen LogP contribution < -0.4 is 5.32 Å². The molecule has 0 bridgehead atoms. The van der Waals surface area contributed by atoms with Gasteiger partial charge in [0.05, 0.1) is 12.6 Å². The zero-order chi connectivity index (χ0) is 13.8. The standard InChI is InChI=1S/C15H15Cl2NO/c1-10-4-2-3-5-14(10)18-15(9-19)12-7-6-11(16)8-13(12)17/h2-8,15,18-19H,9H2,1H3. The molecule has 0 saturated heterocycles. The van der Waals surface area contributed by atoms with E-state index in [0.29, 0.717) is 10.0 Å². The van der Waals surface area contributed by atoms with E-state index in [1.165, 1.54) is 0 Å². The molecule has 0 spiro atoms. The van der Waals surface area contributed by atoms with Gasteiger partial charge in [-0.15, -0.1) is 0 Å². The van der Waals surface area contributed by atoms with Crippen LogP contribution in [-0.2, 0) is 0 Å². The molecule has 0 saturated carbocycles. The van der Waals surface area contributed by atoms with E-state index < -0.39 is 0 Å². The first kappa shape index (κ1) is 14.2. The van der Waals surface area contributed by atoms with Crippen molar-refractivity contribution in [2.45, 2.75) is 13.0 Å². The van der Waals surface area contributed by atoms with Crippen molar-refractivity contribution in [1.29, 1.82) is 0 Å². The van der Waals surface area contributed by atoms with Gasteiger partial charge in [-0.1, -0.05) is 47.5 Å². The number of aliphatic hydroxyl groups is 1. The van der Waals surface area contributed by atoms with Crippen molar-refractivity contribution in [2.24, 2.45) is 0 Å². The Kier molecular flexibility index (Phi) is 4.70. The monoisotopic (exact) mass is 295 g/mol. The van der Waals surface area contributed by atoms with Gasteiger partial charge in [-0.25, -0.2) is 0 Å². The number of benzene rings is 2. The number of rotatable bonds is 4. The number of anilines is 1. The minimum Gasteiger partial charge on any atom is -0.394 e. The fourth-order valence-corrected chi connectivity index (χ4v) is 2.47. The Hall–Kier alpha value is -1.22. The van der Waals surface area contributed by atoms with Crippen molar-refractivity contribution >= 4 is 28.9 Å². The Morgan fingerprint density at radius 1 is 1.16 bits per heavy atom. The molecule has 0 aliphatic rings. The second kappa shape index (κ2) is 6.29. The zero-order valence-corrected chi connectivity index (χ0v) is 12.0. The van der Waals surface area contributed by atoms with Gasteiger partial charge in [0.25, 0.3) is 0 Å². The van der Waals surface area contributed by atoms with E-state index in [0.717, 1.165) is 16.8 Å². The summed E-state index contributed by atoms with van der Waals surface area (Å²) in [6, 6.07) is 12.9. The summed E-state index contributed by atoms with van der Waals surface area (Å²) in [4.78, 5) is 0. The summed E-state index contributed by atoms with van der Waals surface area (Å²) in [5, 5.41) is 14.0. The van der Waals surface area contributed by atoms with Gasteiger partial charge < -0.3 is 10.4 Å². The molecule has 0 aromatic heterocycles. The fraction of sp³-hybridized carbons (Fsp3) is 0.200. The Morgan fingerprint density at radius 3 is 2.53 bits per heavy atom. The van der Waals surface area contributed by atoms with Gasteiger partial charge in [-0.2, -0.15) is 0 Å². The number of halogens is 2. The molecule has 2 aromatic carbocycles. The lowest BCUT2D eigenvalue weighted by atomic mass is 10.1. The fourth-order valence-electron chi connectivity index (χ4n) is 1.93. The van der Waals surface area contributed by atoms with E-state index >= 15 is 0 Å². The second-order valence-electron chi connectivity index (χ2n) is 4.36. The summed E-state index contributed by atoms with van der Waals surface area (Å²) >= 11 is 12.1. The molecule has 0 fully saturated rings. The predicted molar refractivity (Wildman–Crippen MR) is 81.1 cm³/mol. The topological polar surface area (TPSA) is 32.3 Å². The molecule has 100 valence electrons.